The lowest BCUT2D eigenvalue weighted by Gasteiger charge is -2.13. The van der Waals surface area contributed by atoms with Gasteiger partial charge >= 0.3 is 0 Å². The Hall–Kier alpha value is -3.32. The van der Waals surface area contributed by atoms with Gasteiger partial charge in [-0.05, 0) is 48.0 Å². The Kier molecular flexibility index (Phi) is 6.52. The zero-order chi connectivity index (χ0) is 21.6. The summed E-state index contributed by atoms with van der Waals surface area (Å²) < 4.78 is 26.1. The van der Waals surface area contributed by atoms with Crippen molar-refractivity contribution in [1.29, 1.82) is 0 Å². The number of ether oxygens (including phenoxy) is 2. The smallest absolute Gasteiger partial charge is 0.258 e. The third kappa shape index (κ3) is 5.44. The van der Waals surface area contributed by atoms with Gasteiger partial charge in [-0.2, -0.15) is 0 Å². The quantitative estimate of drug-likeness (QED) is 0.582. The number of nitrogens with zero attached hydrogens (tertiary/aromatic N) is 1. The molecule has 1 aromatic heterocycles. The van der Waals surface area contributed by atoms with Crippen LogP contribution in [0.25, 0.3) is 5.69 Å². The highest BCUT2D eigenvalue weighted by Gasteiger charge is 2.14. The van der Waals surface area contributed by atoms with Gasteiger partial charge in [0.1, 0.15) is 31.3 Å². The Balaban J connectivity index is 1.34. The highest BCUT2D eigenvalue weighted by molar-refractivity contribution is 5.38. The molecule has 162 valence electrons. The van der Waals surface area contributed by atoms with E-state index in [0.29, 0.717) is 17.9 Å². The van der Waals surface area contributed by atoms with Crippen molar-refractivity contribution in [1.82, 2.24) is 4.57 Å². The molecule has 0 bridgehead atoms. The lowest BCUT2D eigenvalue weighted by atomic mass is 10.2. The predicted octanol–water partition coefficient (Wildman–Crippen LogP) is 2.32. The summed E-state index contributed by atoms with van der Waals surface area (Å²) in [5.41, 5.74) is 1.10. The van der Waals surface area contributed by atoms with Gasteiger partial charge in [-0.1, -0.05) is 6.07 Å². The molecule has 31 heavy (non-hydrogen) atoms. The molecule has 0 radical (unpaired) electrons. The van der Waals surface area contributed by atoms with Gasteiger partial charge in [-0.3, -0.25) is 9.36 Å². The number of hydrogen-bond donors (Lipinski definition) is 2. The Morgan fingerprint density at radius 1 is 0.968 bits per heavy atom. The molecule has 1 aliphatic rings. The van der Waals surface area contributed by atoms with Gasteiger partial charge in [0.05, 0.1) is 13.1 Å². The molecule has 6 nitrogen and oxygen atoms in total. The fourth-order valence-corrected chi connectivity index (χ4v) is 3.72. The van der Waals surface area contributed by atoms with Crippen LogP contribution in [0.15, 0.2) is 65.6 Å². The van der Waals surface area contributed by atoms with Crippen LogP contribution in [0.3, 0.4) is 0 Å². The molecule has 7 heteroatoms. The van der Waals surface area contributed by atoms with E-state index in [1.807, 2.05) is 24.3 Å². The summed E-state index contributed by atoms with van der Waals surface area (Å²) in [7, 11) is 0. The van der Waals surface area contributed by atoms with Gasteiger partial charge in [0, 0.05) is 30.8 Å². The molecule has 2 heterocycles. The summed E-state index contributed by atoms with van der Waals surface area (Å²) in [6.45, 7) is 4.28. The van der Waals surface area contributed by atoms with Crippen molar-refractivity contribution in [2.45, 2.75) is 19.4 Å². The number of aromatic nitrogens is 1. The van der Waals surface area contributed by atoms with Crippen molar-refractivity contribution in [3.8, 4) is 22.9 Å². The average molecular weight is 425 g/mol. The Morgan fingerprint density at radius 2 is 1.74 bits per heavy atom. The molecular formula is C24H26FN2O4+. The van der Waals surface area contributed by atoms with Gasteiger partial charge < -0.3 is 19.5 Å². The molecular weight excluding hydrogens is 399 g/mol. The molecule has 2 N–H and O–H groups in total. The molecule has 3 aromatic rings. The van der Waals surface area contributed by atoms with Crippen LogP contribution in [-0.2, 0) is 6.61 Å². The molecule has 1 fully saturated rings. The maximum absolute atomic E-state index is 13.1. The van der Waals surface area contributed by atoms with Crippen LogP contribution in [0.5, 0.6) is 17.2 Å². The fourth-order valence-electron chi connectivity index (χ4n) is 3.72. The summed E-state index contributed by atoms with van der Waals surface area (Å²) >= 11 is 0. The van der Waals surface area contributed by atoms with Crippen molar-refractivity contribution >= 4 is 0 Å². The number of phenolic OH excluding ortho intramolecular Hbond substituents is 1. The molecule has 2 aromatic carbocycles. The topological polar surface area (TPSA) is 65.1 Å². The van der Waals surface area contributed by atoms with E-state index in [0.717, 1.165) is 18.0 Å². The number of quaternary nitrogens is 1. The molecule has 0 atom stereocenters. The number of phenols is 1. The second-order valence-electron chi connectivity index (χ2n) is 7.69. The summed E-state index contributed by atoms with van der Waals surface area (Å²) in [5, 5.41) is 9.43. The van der Waals surface area contributed by atoms with E-state index in [2.05, 4.69) is 0 Å². The summed E-state index contributed by atoms with van der Waals surface area (Å²) in [5.74, 6) is 0.0732. The summed E-state index contributed by atoms with van der Waals surface area (Å²) in [4.78, 5) is 14.1. The van der Waals surface area contributed by atoms with Crippen molar-refractivity contribution in [2.24, 2.45) is 0 Å². The molecule has 0 amide bonds. The fraction of sp³-hybridized carbons (Fsp3) is 0.292. The normalized spacial score (nSPS) is 14.0. The minimum Gasteiger partial charge on any atom is -0.505 e. The van der Waals surface area contributed by atoms with E-state index >= 15 is 0 Å². The first-order chi connectivity index (χ1) is 15.1. The Labute approximate surface area is 180 Å². The molecule has 1 saturated heterocycles. The number of likely N-dealkylation sites (tertiary alicyclic amines) is 1. The molecule has 0 unspecified atom stereocenters. The number of rotatable bonds is 8. The minimum absolute atomic E-state index is 0.114. The number of aromatic hydroxyl groups is 1. The van der Waals surface area contributed by atoms with E-state index in [1.165, 1.54) is 54.8 Å². The summed E-state index contributed by atoms with van der Waals surface area (Å²) in [6, 6.07) is 14.5. The number of benzene rings is 2. The van der Waals surface area contributed by atoms with Crippen LogP contribution < -0.4 is 19.9 Å². The van der Waals surface area contributed by atoms with E-state index < -0.39 is 11.6 Å². The number of pyridine rings is 1. The van der Waals surface area contributed by atoms with Crippen LogP contribution in [0.2, 0.25) is 0 Å². The van der Waals surface area contributed by atoms with Crippen molar-refractivity contribution in [2.75, 3.05) is 26.2 Å². The van der Waals surface area contributed by atoms with Crippen molar-refractivity contribution < 1.29 is 23.9 Å². The summed E-state index contributed by atoms with van der Waals surface area (Å²) in [6.07, 6.45) is 4.25. The van der Waals surface area contributed by atoms with Crippen molar-refractivity contribution in [3.05, 3.63) is 82.5 Å². The highest BCUT2D eigenvalue weighted by Crippen LogP contribution is 2.19. The van der Waals surface area contributed by atoms with Gasteiger partial charge in [0.2, 0.25) is 0 Å². The highest BCUT2D eigenvalue weighted by atomic mass is 19.1. The zero-order valence-corrected chi connectivity index (χ0v) is 17.2. The van der Waals surface area contributed by atoms with Crippen LogP contribution in [0.4, 0.5) is 4.39 Å². The number of nitrogens with one attached hydrogen (secondary N) is 1. The van der Waals surface area contributed by atoms with Gasteiger partial charge in [-0.25, -0.2) is 4.39 Å². The van der Waals surface area contributed by atoms with E-state index in [4.69, 9.17) is 9.47 Å². The van der Waals surface area contributed by atoms with E-state index in [9.17, 15) is 14.3 Å². The van der Waals surface area contributed by atoms with Gasteiger partial charge in [0.15, 0.2) is 11.6 Å². The predicted molar refractivity (Wildman–Crippen MR) is 115 cm³/mol. The van der Waals surface area contributed by atoms with E-state index in [-0.39, 0.29) is 12.2 Å². The van der Waals surface area contributed by atoms with Crippen LogP contribution in [-0.4, -0.2) is 35.9 Å². The molecule has 0 saturated carbocycles. The second-order valence-corrected chi connectivity index (χ2v) is 7.69. The Bertz CT molecular complexity index is 1080. The minimum atomic E-state index is -0.685. The van der Waals surface area contributed by atoms with Crippen LogP contribution in [0.1, 0.15) is 18.4 Å². The number of hydrogen-bond acceptors (Lipinski definition) is 4. The zero-order valence-electron chi connectivity index (χ0n) is 17.2. The standard InChI is InChI=1S/C24H25FN2O4/c25-22-8-3-18(15-23(22)28)17-31-21-9-12-27(24(29)16-21)19-4-6-20(7-5-19)30-14-13-26-10-1-2-11-26/h3-9,12,15-16,28H,1-2,10-11,13-14,17H2/p+1. The first kappa shape index (κ1) is 20.9. The van der Waals surface area contributed by atoms with Crippen molar-refractivity contribution in [3.63, 3.8) is 0 Å². The second kappa shape index (κ2) is 9.66. The van der Waals surface area contributed by atoms with Crippen LogP contribution in [0, 0.1) is 5.82 Å². The van der Waals surface area contributed by atoms with Gasteiger partial charge in [-0.15, -0.1) is 0 Å². The largest absolute Gasteiger partial charge is 0.505 e. The third-order valence-corrected chi connectivity index (χ3v) is 5.46. The first-order valence-electron chi connectivity index (χ1n) is 10.5. The first-order valence-corrected chi connectivity index (χ1v) is 10.5. The molecule has 0 spiro atoms. The molecule has 4 rings (SSSR count). The molecule has 1 aliphatic heterocycles. The van der Waals surface area contributed by atoms with E-state index in [1.54, 1.807) is 17.2 Å². The maximum Gasteiger partial charge on any atom is 0.258 e. The monoisotopic (exact) mass is 425 g/mol. The van der Waals surface area contributed by atoms with Crippen LogP contribution >= 0.6 is 0 Å². The lowest BCUT2D eigenvalue weighted by Crippen LogP contribution is -3.10. The molecule has 0 aliphatic carbocycles. The number of halogens is 1. The average Bonchev–Trinajstić information content (AvgIpc) is 3.29. The SMILES string of the molecule is O=c1cc(OCc2ccc(F)c(O)c2)ccn1-c1ccc(OCC[NH+]2CCCC2)cc1. The maximum atomic E-state index is 13.1. The Morgan fingerprint density at radius 3 is 2.45 bits per heavy atom. The van der Waals surface area contributed by atoms with Gasteiger partial charge in [0.25, 0.3) is 5.56 Å². The lowest BCUT2D eigenvalue weighted by molar-refractivity contribution is -0.887. The third-order valence-electron chi connectivity index (χ3n) is 5.46.